The fraction of sp³-hybridized carbons (Fsp3) is 0.364. The van der Waals surface area contributed by atoms with E-state index in [1.54, 1.807) is 13.8 Å². The van der Waals surface area contributed by atoms with Crippen molar-refractivity contribution in [3.05, 3.63) is 29.6 Å². The Bertz CT molecular complexity index is 418. The number of aliphatic carboxylic acids is 1. The van der Waals surface area contributed by atoms with E-state index in [4.69, 9.17) is 10.8 Å². The molecule has 1 rings (SSSR count). The third-order valence-electron chi connectivity index (χ3n) is 2.72. The number of para-hydroxylation sites is 1. The zero-order chi connectivity index (χ0) is 12.5. The highest BCUT2D eigenvalue weighted by atomic mass is 19.1. The minimum atomic E-state index is -1.22. The van der Waals surface area contributed by atoms with E-state index in [0.717, 1.165) is 6.07 Å². The monoisotopic (exact) mass is 227 g/mol. The first-order chi connectivity index (χ1) is 7.28. The molecule has 5 heteroatoms. The van der Waals surface area contributed by atoms with Crippen LogP contribution in [0.15, 0.2) is 18.2 Å². The van der Waals surface area contributed by atoms with Gasteiger partial charge in [0, 0.05) is 11.0 Å². The van der Waals surface area contributed by atoms with Crippen LogP contribution in [0.4, 0.5) is 4.39 Å². The van der Waals surface area contributed by atoms with Crippen LogP contribution < -0.4 is 5.73 Å². The van der Waals surface area contributed by atoms with Crippen LogP contribution >= 0.6 is 0 Å². The van der Waals surface area contributed by atoms with Gasteiger partial charge in [-0.2, -0.15) is 0 Å². The number of benzene rings is 1. The Hall–Kier alpha value is -1.62. The number of rotatable bonds is 3. The van der Waals surface area contributed by atoms with Gasteiger partial charge in [-0.1, -0.05) is 26.0 Å². The summed E-state index contributed by atoms with van der Waals surface area (Å²) in [5, 5.41) is 18.4. The number of carbonyl (C=O) groups is 1. The Labute approximate surface area is 92.5 Å². The number of carboxylic acids is 1. The molecule has 0 aliphatic carbocycles. The van der Waals surface area contributed by atoms with Crippen molar-refractivity contribution < 1.29 is 19.4 Å². The number of carboxylic acid groups (broad SMARTS) is 1. The molecule has 0 aliphatic rings. The van der Waals surface area contributed by atoms with Crippen LogP contribution in [0.25, 0.3) is 0 Å². The van der Waals surface area contributed by atoms with Crippen molar-refractivity contribution in [2.45, 2.75) is 25.3 Å². The molecule has 0 aromatic heterocycles. The summed E-state index contributed by atoms with van der Waals surface area (Å²) in [5.74, 6) is -2.54. The van der Waals surface area contributed by atoms with E-state index in [9.17, 15) is 14.3 Å². The molecule has 1 aromatic carbocycles. The van der Waals surface area contributed by atoms with Gasteiger partial charge in [0.2, 0.25) is 0 Å². The van der Waals surface area contributed by atoms with E-state index in [2.05, 4.69) is 0 Å². The lowest BCUT2D eigenvalue weighted by molar-refractivity contribution is -0.140. The molecule has 1 atom stereocenters. The molecule has 1 aromatic rings. The highest BCUT2D eigenvalue weighted by Crippen LogP contribution is 2.34. The van der Waals surface area contributed by atoms with E-state index in [1.807, 2.05) is 0 Å². The van der Waals surface area contributed by atoms with Gasteiger partial charge in [0.25, 0.3) is 0 Å². The lowest BCUT2D eigenvalue weighted by Crippen LogP contribution is -2.46. The number of halogens is 1. The predicted molar refractivity (Wildman–Crippen MR) is 56.7 cm³/mol. The SMILES string of the molecule is CC(C)(c1cccc(F)c1O)C(N)C(=O)O. The van der Waals surface area contributed by atoms with Crippen LogP contribution in [0.3, 0.4) is 0 Å². The molecule has 0 saturated carbocycles. The maximum Gasteiger partial charge on any atom is 0.321 e. The molecular formula is C11H14FNO3. The largest absolute Gasteiger partial charge is 0.505 e. The lowest BCUT2D eigenvalue weighted by atomic mass is 9.77. The standard InChI is InChI=1S/C11H14FNO3/c1-11(2,9(13)10(15)16)6-4-3-5-7(12)8(6)14/h3-5,9,14H,13H2,1-2H3,(H,15,16). The molecule has 0 saturated heterocycles. The van der Waals surface area contributed by atoms with E-state index >= 15 is 0 Å². The molecule has 0 amide bonds. The van der Waals surface area contributed by atoms with Crippen LogP contribution in [0.1, 0.15) is 19.4 Å². The topological polar surface area (TPSA) is 83.5 Å². The zero-order valence-electron chi connectivity index (χ0n) is 9.07. The summed E-state index contributed by atoms with van der Waals surface area (Å²) in [6, 6.07) is 2.74. The van der Waals surface area contributed by atoms with Gasteiger partial charge in [-0.15, -0.1) is 0 Å². The molecule has 0 bridgehead atoms. The Morgan fingerprint density at radius 1 is 1.50 bits per heavy atom. The van der Waals surface area contributed by atoms with Crippen molar-refractivity contribution in [2.24, 2.45) is 5.73 Å². The molecule has 16 heavy (non-hydrogen) atoms. The van der Waals surface area contributed by atoms with Gasteiger partial charge in [-0.05, 0) is 6.07 Å². The van der Waals surface area contributed by atoms with Gasteiger partial charge in [0.15, 0.2) is 11.6 Å². The fourth-order valence-corrected chi connectivity index (χ4v) is 1.51. The highest BCUT2D eigenvalue weighted by molar-refractivity contribution is 5.76. The maximum absolute atomic E-state index is 13.1. The minimum Gasteiger partial charge on any atom is -0.505 e. The fourth-order valence-electron chi connectivity index (χ4n) is 1.51. The molecule has 1 unspecified atom stereocenters. The van der Waals surface area contributed by atoms with E-state index in [-0.39, 0.29) is 5.56 Å². The predicted octanol–water partition coefficient (Wildman–Crippen LogP) is 1.22. The summed E-state index contributed by atoms with van der Waals surface area (Å²) in [7, 11) is 0. The number of hydrogen-bond donors (Lipinski definition) is 3. The third kappa shape index (κ3) is 1.99. The van der Waals surface area contributed by atoms with Gasteiger partial charge in [0.05, 0.1) is 0 Å². The van der Waals surface area contributed by atoms with Gasteiger partial charge in [0.1, 0.15) is 6.04 Å². The smallest absolute Gasteiger partial charge is 0.321 e. The average molecular weight is 227 g/mol. The molecule has 4 N–H and O–H groups in total. The third-order valence-corrected chi connectivity index (χ3v) is 2.72. The van der Waals surface area contributed by atoms with Crippen molar-refractivity contribution in [1.29, 1.82) is 0 Å². The van der Waals surface area contributed by atoms with Gasteiger partial charge < -0.3 is 15.9 Å². The van der Waals surface area contributed by atoms with Crippen molar-refractivity contribution in [3.8, 4) is 5.75 Å². The number of nitrogens with two attached hydrogens (primary N) is 1. The van der Waals surface area contributed by atoms with E-state index in [0.29, 0.717) is 0 Å². The normalized spacial score (nSPS) is 13.5. The Morgan fingerprint density at radius 3 is 2.56 bits per heavy atom. The molecule has 0 heterocycles. The van der Waals surface area contributed by atoms with Crippen LogP contribution in [0.2, 0.25) is 0 Å². The molecule has 0 spiro atoms. The first-order valence-corrected chi connectivity index (χ1v) is 4.75. The zero-order valence-corrected chi connectivity index (χ0v) is 9.07. The molecule has 88 valence electrons. The van der Waals surface area contributed by atoms with E-state index < -0.39 is 29.0 Å². The average Bonchev–Trinajstić information content (AvgIpc) is 2.20. The highest BCUT2D eigenvalue weighted by Gasteiger charge is 2.36. The van der Waals surface area contributed by atoms with Gasteiger partial charge >= 0.3 is 5.97 Å². The maximum atomic E-state index is 13.1. The van der Waals surface area contributed by atoms with Crippen molar-refractivity contribution in [2.75, 3.05) is 0 Å². The first kappa shape index (κ1) is 12.4. The van der Waals surface area contributed by atoms with E-state index in [1.165, 1.54) is 12.1 Å². The van der Waals surface area contributed by atoms with Crippen LogP contribution in [0, 0.1) is 5.82 Å². The van der Waals surface area contributed by atoms with Gasteiger partial charge in [-0.3, -0.25) is 4.79 Å². The molecular weight excluding hydrogens is 213 g/mol. The molecule has 0 aliphatic heterocycles. The lowest BCUT2D eigenvalue weighted by Gasteiger charge is -2.29. The minimum absolute atomic E-state index is 0.183. The van der Waals surface area contributed by atoms with Crippen LogP contribution in [-0.2, 0) is 10.2 Å². The number of hydrogen-bond acceptors (Lipinski definition) is 3. The summed E-state index contributed by atoms with van der Waals surface area (Å²) in [6.07, 6.45) is 0. The van der Waals surface area contributed by atoms with Crippen LogP contribution in [-0.4, -0.2) is 22.2 Å². The van der Waals surface area contributed by atoms with Gasteiger partial charge in [-0.25, -0.2) is 4.39 Å². The summed E-state index contributed by atoms with van der Waals surface area (Å²) in [5.41, 5.74) is 4.64. The van der Waals surface area contributed by atoms with Crippen molar-refractivity contribution >= 4 is 5.97 Å². The second kappa shape index (κ2) is 4.09. The number of phenols is 1. The van der Waals surface area contributed by atoms with Crippen molar-refractivity contribution in [1.82, 2.24) is 0 Å². The van der Waals surface area contributed by atoms with Crippen LogP contribution in [0.5, 0.6) is 5.75 Å². The Morgan fingerprint density at radius 2 is 2.06 bits per heavy atom. The Balaban J connectivity index is 3.26. The second-order valence-electron chi connectivity index (χ2n) is 4.17. The summed E-state index contributed by atoms with van der Waals surface area (Å²) >= 11 is 0. The first-order valence-electron chi connectivity index (χ1n) is 4.75. The molecule has 4 nitrogen and oxygen atoms in total. The summed E-state index contributed by atoms with van der Waals surface area (Å²) in [4.78, 5) is 10.8. The number of aromatic hydroxyl groups is 1. The van der Waals surface area contributed by atoms with Crippen molar-refractivity contribution in [3.63, 3.8) is 0 Å². The molecule has 0 fully saturated rings. The second-order valence-corrected chi connectivity index (χ2v) is 4.17. The molecule has 0 radical (unpaired) electrons. The summed E-state index contributed by atoms with van der Waals surface area (Å²) in [6.45, 7) is 3.08. The number of phenolic OH excluding ortho intramolecular Hbond substituents is 1. The summed E-state index contributed by atoms with van der Waals surface area (Å²) < 4.78 is 13.1. The quantitative estimate of drug-likeness (QED) is 0.725. The Kier molecular flexibility index (Phi) is 3.19.